The largest absolute Gasteiger partial charge is 0.488 e. The second-order valence-electron chi connectivity index (χ2n) is 4.12. The van der Waals surface area contributed by atoms with Crippen LogP contribution in [-0.4, -0.2) is 11.1 Å². The molecule has 0 radical (unpaired) electrons. The molecule has 1 fully saturated rings. The molecule has 1 aliphatic carbocycles. The molecule has 2 rings (SSSR count). The Kier molecular flexibility index (Phi) is 2.32. The normalized spacial score (nSPS) is 15.9. The lowest BCUT2D eigenvalue weighted by Gasteiger charge is -2.12. The first-order valence-electron chi connectivity index (χ1n) is 5.09. The lowest BCUT2D eigenvalue weighted by molar-refractivity contribution is 0.297. The van der Waals surface area contributed by atoms with Gasteiger partial charge in [-0.05, 0) is 18.8 Å². The van der Waals surface area contributed by atoms with E-state index in [0.29, 0.717) is 17.7 Å². The fraction of sp³-hybridized carbons (Fsp3) is 0.545. The molecule has 0 aromatic carbocycles. The van der Waals surface area contributed by atoms with Crippen LogP contribution in [0.1, 0.15) is 38.3 Å². The molecule has 0 amide bonds. The van der Waals surface area contributed by atoms with E-state index in [-0.39, 0.29) is 0 Å². The van der Waals surface area contributed by atoms with Crippen molar-refractivity contribution in [2.24, 2.45) is 0 Å². The van der Waals surface area contributed by atoms with Crippen molar-refractivity contribution in [3.8, 4) is 5.75 Å². The minimum Gasteiger partial charge on any atom is -0.488 e. The van der Waals surface area contributed by atoms with Crippen LogP contribution >= 0.6 is 0 Å². The summed E-state index contributed by atoms with van der Waals surface area (Å²) in [6.07, 6.45) is 4.41. The highest BCUT2D eigenvalue weighted by Gasteiger charge is 2.25. The first-order valence-corrected chi connectivity index (χ1v) is 5.09. The molecule has 0 aliphatic heterocycles. The van der Waals surface area contributed by atoms with Crippen molar-refractivity contribution in [1.82, 2.24) is 4.98 Å². The number of nitrogen functional groups attached to an aromatic ring is 1. The number of pyridine rings is 1. The molecule has 1 heterocycles. The van der Waals surface area contributed by atoms with E-state index < -0.39 is 0 Å². The van der Waals surface area contributed by atoms with Crippen molar-refractivity contribution in [1.29, 1.82) is 0 Å². The molecule has 0 atom stereocenters. The van der Waals surface area contributed by atoms with Crippen LogP contribution in [0.5, 0.6) is 5.75 Å². The highest BCUT2D eigenvalue weighted by atomic mass is 16.5. The second kappa shape index (κ2) is 3.48. The summed E-state index contributed by atoms with van der Waals surface area (Å²) < 4.78 is 5.76. The summed E-state index contributed by atoms with van der Waals surface area (Å²) in [7, 11) is 0. The van der Waals surface area contributed by atoms with Crippen molar-refractivity contribution < 1.29 is 4.74 Å². The number of hydrogen-bond donors (Lipinski definition) is 1. The van der Waals surface area contributed by atoms with E-state index in [9.17, 15) is 0 Å². The third kappa shape index (κ3) is 1.97. The second-order valence-corrected chi connectivity index (χ2v) is 4.12. The molecule has 1 aromatic heterocycles. The van der Waals surface area contributed by atoms with Gasteiger partial charge in [-0.3, -0.25) is 4.98 Å². The Morgan fingerprint density at radius 1 is 1.50 bits per heavy atom. The van der Waals surface area contributed by atoms with E-state index in [4.69, 9.17) is 10.5 Å². The molecule has 1 aliphatic rings. The van der Waals surface area contributed by atoms with Gasteiger partial charge in [0.05, 0.1) is 23.7 Å². The standard InChI is InChI=1S/C11H16N2O/c1-7(2)11-10(14-9-3-4-9)5-8(12)6-13-11/h5-7,9H,3-4,12H2,1-2H3. The van der Waals surface area contributed by atoms with Gasteiger partial charge in [-0.25, -0.2) is 0 Å². The molecule has 1 aromatic rings. The number of nitrogens with zero attached hydrogens (tertiary/aromatic N) is 1. The molecule has 2 N–H and O–H groups in total. The Bertz CT molecular complexity index is 332. The summed E-state index contributed by atoms with van der Waals surface area (Å²) in [4.78, 5) is 4.31. The van der Waals surface area contributed by atoms with Gasteiger partial charge in [-0.2, -0.15) is 0 Å². The first kappa shape index (κ1) is 9.31. The average Bonchev–Trinajstić information content (AvgIpc) is 2.87. The lowest BCUT2D eigenvalue weighted by Crippen LogP contribution is -2.04. The van der Waals surface area contributed by atoms with Crippen molar-refractivity contribution >= 4 is 5.69 Å². The van der Waals surface area contributed by atoms with Crippen LogP contribution in [0, 0.1) is 0 Å². The number of rotatable bonds is 3. The summed E-state index contributed by atoms with van der Waals surface area (Å²) >= 11 is 0. The molecule has 3 heteroatoms. The van der Waals surface area contributed by atoms with Gasteiger partial charge >= 0.3 is 0 Å². The molecule has 76 valence electrons. The summed E-state index contributed by atoms with van der Waals surface area (Å²) in [5.41, 5.74) is 7.36. The van der Waals surface area contributed by atoms with Gasteiger partial charge < -0.3 is 10.5 Å². The maximum atomic E-state index is 5.76. The zero-order valence-electron chi connectivity index (χ0n) is 8.66. The highest BCUT2D eigenvalue weighted by molar-refractivity contribution is 5.45. The molecule has 0 saturated heterocycles. The minimum atomic E-state index is 0.379. The number of nitrogens with two attached hydrogens (primary N) is 1. The van der Waals surface area contributed by atoms with E-state index in [2.05, 4.69) is 18.8 Å². The summed E-state index contributed by atoms with van der Waals surface area (Å²) in [5.74, 6) is 1.24. The van der Waals surface area contributed by atoms with Crippen LogP contribution in [-0.2, 0) is 0 Å². The Hall–Kier alpha value is -1.25. The van der Waals surface area contributed by atoms with Gasteiger partial charge in [0.1, 0.15) is 5.75 Å². The Morgan fingerprint density at radius 2 is 2.21 bits per heavy atom. The molecule has 1 saturated carbocycles. The summed E-state index contributed by atoms with van der Waals surface area (Å²) in [5, 5.41) is 0. The van der Waals surface area contributed by atoms with Crippen molar-refractivity contribution in [3.63, 3.8) is 0 Å². The molecule has 3 nitrogen and oxygen atoms in total. The van der Waals surface area contributed by atoms with E-state index >= 15 is 0 Å². The Labute approximate surface area is 84.3 Å². The fourth-order valence-corrected chi connectivity index (χ4v) is 1.36. The van der Waals surface area contributed by atoms with Crippen LogP contribution < -0.4 is 10.5 Å². The first-order chi connectivity index (χ1) is 6.66. The van der Waals surface area contributed by atoms with Gasteiger partial charge in [0.25, 0.3) is 0 Å². The van der Waals surface area contributed by atoms with Crippen molar-refractivity contribution in [3.05, 3.63) is 18.0 Å². The van der Waals surface area contributed by atoms with Crippen LogP contribution in [0.3, 0.4) is 0 Å². The molecular formula is C11H16N2O. The predicted octanol–water partition coefficient (Wildman–Crippen LogP) is 2.33. The van der Waals surface area contributed by atoms with E-state index in [1.54, 1.807) is 6.20 Å². The van der Waals surface area contributed by atoms with E-state index in [1.165, 1.54) is 0 Å². The third-order valence-electron chi connectivity index (χ3n) is 2.27. The zero-order valence-corrected chi connectivity index (χ0v) is 8.66. The number of anilines is 1. The van der Waals surface area contributed by atoms with E-state index in [0.717, 1.165) is 24.3 Å². The number of ether oxygens (including phenoxy) is 1. The van der Waals surface area contributed by atoms with Crippen molar-refractivity contribution in [2.75, 3.05) is 5.73 Å². The molecule has 0 spiro atoms. The van der Waals surface area contributed by atoms with Gasteiger partial charge in [-0.1, -0.05) is 13.8 Å². The monoisotopic (exact) mass is 192 g/mol. The Balaban J connectivity index is 2.27. The SMILES string of the molecule is CC(C)c1ncc(N)cc1OC1CC1. The Morgan fingerprint density at radius 3 is 2.79 bits per heavy atom. The quantitative estimate of drug-likeness (QED) is 0.799. The van der Waals surface area contributed by atoms with Gasteiger partial charge in [0.2, 0.25) is 0 Å². The third-order valence-corrected chi connectivity index (χ3v) is 2.27. The minimum absolute atomic E-state index is 0.379. The smallest absolute Gasteiger partial charge is 0.143 e. The van der Waals surface area contributed by atoms with Crippen molar-refractivity contribution in [2.45, 2.75) is 38.7 Å². The van der Waals surface area contributed by atoms with Gasteiger partial charge in [0, 0.05) is 6.07 Å². The lowest BCUT2D eigenvalue weighted by atomic mass is 10.1. The topological polar surface area (TPSA) is 48.1 Å². The maximum absolute atomic E-state index is 5.76. The average molecular weight is 192 g/mol. The highest BCUT2D eigenvalue weighted by Crippen LogP contribution is 2.32. The number of hydrogen-bond acceptors (Lipinski definition) is 3. The summed E-state index contributed by atoms with van der Waals surface area (Å²) in [6.45, 7) is 4.22. The molecule has 0 bridgehead atoms. The molecule has 14 heavy (non-hydrogen) atoms. The number of aromatic nitrogens is 1. The van der Waals surface area contributed by atoms with Crippen LogP contribution in [0.25, 0.3) is 0 Å². The fourth-order valence-electron chi connectivity index (χ4n) is 1.36. The van der Waals surface area contributed by atoms with Crippen LogP contribution in [0.2, 0.25) is 0 Å². The van der Waals surface area contributed by atoms with Gasteiger partial charge in [0.15, 0.2) is 0 Å². The zero-order chi connectivity index (χ0) is 10.1. The summed E-state index contributed by atoms with van der Waals surface area (Å²) in [6, 6.07) is 1.88. The van der Waals surface area contributed by atoms with E-state index in [1.807, 2.05) is 6.07 Å². The maximum Gasteiger partial charge on any atom is 0.143 e. The van der Waals surface area contributed by atoms with Crippen LogP contribution in [0.4, 0.5) is 5.69 Å². The molecule has 0 unspecified atom stereocenters. The molecular weight excluding hydrogens is 176 g/mol. The van der Waals surface area contributed by atoms with Gasteiger partial charge in [-0.15, -0.1) is 0 Å². The van der Waals surface area contributed by atoms with Crippen LogP contribution in [0.15, 0.2) is 12.3 Å². The predicted molar refractivity (Wildman–Crippen MR) is 56.4 cm³/mol.